The minimum absolute atomic E-state index is 0.0983. The molecule has 1 amide bonds. The first-order chi connectivity index (χ1) is 6.91. The van der Waals surface area contributed by atoms with Gasteiger partial charge in [0.15, 0.2) is 0 Å². The topological polar surface area (TPSA) is 77.2 Å². The van der Waals surface area contributed by atoms with Crippen LogP contribution >= 0.6 is 0 Å². The van der Waals surface area contributed by atoms with E-state index in [0.717, 1.165) is 6.07 Å². The number of primary amides is 1. The van der Waals surface area contributed by atoms with E-state index >= 15 is 0 Å². The number of hydrogen-bond donors (Lipinski definition) is 1. The molecule has 0 fully saturated rings. The van der Waals surface area contributed by atoms with Crippen LogP contribution in [0, 0.1) is 11.8 Å². The zero-order valence-electron chi connectivity index (χ0n) is 7.40. The number of hydrogen-bond acceptors (Lipinski definition) is 3. The smallest absolute Gasteiger partial charge is 0.333 e. The highest BCUT2D eigenvalue weighted by atomic mass is 32.3. The van der Waals surface area contributed by atoms with Gasteiger partial charge in [-0.05, 0) is 12.1 Å². The predicted molar refractivity (Wildman–Crippen MR) is 50.8 cm³/mol. The van der Waals surface area contributed by atoms with Crippen molar-refractivity contribution in [3.05, 3.63) is 29.8 Å². The Morgan fingerprint density at radius 3 is 2.47 bits per heavy atom. The molecule has 0 saturated carbocycles. The van der Waals surface area contributed by atoms with Crippen LogP contribution in [-0.4, -0.2) is 14.3 Å². The maximum absolute atomic E-state index is 12.7. The molecule has 0 spiro atoms. The van der Waals surface area contributed by atoms with Crippen LogP contribution in [0.25, 0.3) is 0 Å². The number of carbonyl (C=O) groups is 1. The van der Waals surface area contributed by atoms with E-state index in [1.807, 2.05) is 5.92 Å². The quantitative estimate of drug-likeness (QED) is 0.549. The maximum atomic E-state index is 12.7. The summed E-state index contributed by atoms with van der Waals surface area (Å²) in [6.45, 7) is 0. The molecule has 0 aromatic heterocycles. The van der Waals surface area contributed by atoms with E-state index in [1.54, 1.807) is 0 Å². The van der Waals surface area contributed by atoms with Gasteiger partial charge in [-0.2, -0.15) is 8.42 Å². The molecule has 2 N–H and O–H groups in total. The van der Waals surface area contributed by atoms with Crippen LogP contribution in [0.4, 0.5) is 3.89 Å². The van der Waals surface area contributed by atoms with Crippen LogP contribution in [-0.2, 0) is 15.0 Å². The summed E-state index contributed by atoms with van der Waals surface area (Å²) in [7, 11) is -4.84. The van der Waals surface area contributed by atoms with Crippen LogP contribution < -0.4 is 5.73 Å². The van der Waals surface area contributed by atoms with Crippen molar-refractivity contribution in [2.24, 2.45) is 5.73 Å². The molecule has 0 aliphatic heterocycles. The second-order valence-electron chi connectivity index (χ2n) is 2.55. The lowest BCUT2D eigenvalue weighted by Gasteiger charge is -1.97. The predicted octanol–water partition coefficient (Wildman–Crippen LogP) is 0.182. The third-order valence-electron chi connectivity index (χ3n) is 1.47. The van der Waals surface area contributed by atoms with E-state index in [9.17, 15) is 17.1 Å². The molecule has 0 aliphatic rings. The third-order valence-corrected chi connectivity index (χ3v) is 2.35. The van der Waals surface area contributed by atoms with E-state index in [1.165, 1.54) is 18.2 Å². The fourth-order valence-electron chi connectivity index (χ4n) is 0.911. The van der Waals surface area contributed by atoms with Gasteiger partial charge in [0.1, 0.15) is 4.90 Å². The Labute approximate surface area is 86.1 Å². The lowest BCUT2D eigenvalue weighted by molar-refractivity contribution is -0.112. The lowest BCUT2D eigenvalue weighted by atomic mass is 10.2. The van der Waals surface area contributed by atoms with Gasteiger partial charge in [-0.15, -0.1) is 3.89 Å². The highest BCUT2D eigenvalue weighted by molar-refractivity contribution is 7.86. The molecule has 0 aliphatic carbocycles. The number of benzene rings is 1. The van der Waals surface area contributed by atoms with Gasteiger partial charge < -0.3 is 5.73 Å². The van der Waals surface area contributed by atoms with Gasteiger partial charge in [0, 0.05) is 11.5 Å². The van der Waals surface area contributed by atoms with Gasteiger partial charge in [0.25, 0.3) is 5.91 Å². The average Bonchev–Trinajstić information content (AvgIpc) is 2.13. The molecule has 1 aromatic rings. The van der Waals surface area contributed by atoms with Crippen LogP contribution in [0.1, 0.15) is 5.56 Å². The molecule has 15 heavy (non-hydrogen) atoms. The van der Waals surface area contributed by atoms with Gasteiger partial charge >= 0.3 is 10.2 Å². The van der Waals surface area contributed by atoms with Crippen molar-refractivity contribution in [2.75, 3.05) is 0 Å². The molecule has 0 saturated heterocycles. The third kappa shape index (κ3) is 3.07. The monoisotopic (exact) mass is 227 g/mol. The first kappa shape index (κ1) is 11.2. The molecule has 0 atom stereocenters. The second-order valence-corrected chi connectivity index (χ2v) is 3.86. The van der Waals surface area contributed by atoms with Crippen LogP contribution in [0.3, 0.4) is 0 Å². The first-order valence-corrected chi connectivity index (χ1v) is 5.15. The summed E-state index contributed by atoms with van der Waals surface area (Å²) in [6, 6.07) is 5.16. The minimum atomic E-state index is -4.84. The Balaban J connectivity index is 3.34. The Hall–Kier alpha value is -1.87. The van der Waals surface area contributed by atoms with E-state index in [4.69, 9.17) is 5.73 Å². The summed E-state index contributed by atoms with van der Waals surface area (Å²) in [4.78, 5) is 9.77. The van der Waals surface area contributed by atoms with E-state index in [-0.39, 0.29) is 5.56 Å². The standard InChI is InChI=1S/C9H6FNO3S/c10-15(13,14)8-4-2-1-3-7(8)5-6-9(11)12/h1-4H,(H2,11,12). The largest absolute Gasteiger partial charge is 0.359 e. The van der Waals surface area contributed by atoms with Crippen LogP contribution in [0.15, 0.2) is 29.2 Å². The van der Waals surface area contributed by atoms with Crippen molar-refractivity contribution in [2.45, 2.75) is 4.90 Å². The summed E-state index contributed by atoms with van der Waals surface area (Å²) in [5.41, 5.74) is 4.65. The van der Waals surface area contributed by atoms with E-state index in [0.29, 0.717) is 0 Å². The first-order valence-electron chi connectivity index (χ1n) is 3.76. The zero-order valence-corrected chi connectivity index (χ0v) is 8.21. The second kappa shape index (κ2) is 4.11. The maximum Gasteiger partial charge on any atom is 0.333 e. The number of amides is 1. The SMILES string of the molecule is NC(=O)C#Cc1ccccc1S(=O)(=O)F. The van der Waals surface area contributed by atoms with Gasteiger partial charge in [0.2, 0.25) is 0 Å². The molecular weight excluding hydrogens is 221 g/mol. The number of rotatable bonds is 1. The summed E-state index contributed by atoms with van der Waals surface area (Å²) in [6.07, 6.45) is 0. The molecular formula is C9H6FNO3S. The van der Waals surface area contributed by atoms with Gasteiger partial charge in [0.05, 0.1) is 0 Å². The van der Waals surface area contributed by atoms with Crippen molar-refractivity contribution in [1.82, 2.24) is 0 Å². The fraction of sp³-hybridized carbons (Fsp3) is 0. The summed E-state index contributed by atoms with van der Waals surface area (Å²) in [5, 5.41) is 0. The summed E-state index contributed by atoms with van der Waals surface area (Å²) >= 11 is 0. The molecule has 1 rings (SSSR count). The Kier molecular flexibility index (Phi) is 3.07. The van der Waals surface area contributed by atoms with Crippen molar-refractivity contribution in [3.63, 3.8) is 0 Å². The lowest BCUT2D eigenvalue weighted by Crippen LogP contribution is -2.06. The molecule has 4 nitrogen and oxygen atoms in total. The fourth-order valence-corrected chi connectivity index (χ4v) is 1.53. The molecule has 78 valence electrons. The van der Waals surface area contributed by atoms with Crippen LogP contribution in [0.5, 0.6) is 0 Å². The molecule has 0 bridgehead atoms. The Morgan fingerprint density at radius 1 is 1.33 bits per heavy atom. The van der Waals surface area contributed by atoms with Crippen molar-refractivity contribution in [1.29, 1.82) is 0 Å². The normalized spacial score (nSPS) is 10.2. The van der Waals surface area contributed by atoms with Gasteiger partial charge in [-0.3, -0.25) is 4.79 Å². The van der Waals surface area contributed by atoms with Gasteiger partial charge in [-0.1, -0.05) is 18.1 Å². The summed E-state index contributed by atoms with van der Waals surface area (Å²) < 4.78 is 34.0. The molecule has 6 heteroatoms. The number of carbonyl (C=O) groups excluding carboxylic acids is 1. The minimum Gasteiger partial charge on any atom is -0.359 e. The van der Waals surface area contributed by atoms with Crippen molar-refractivity contribution >= 4 is 16.1 Å². The molecule has 0 heterocycles. The zero-order chi connectivity index (χ0) is 11.5. The Bertz CT molecular complexity index is 554. The van der Waals surface area contributed by atoms with Crippen molar-refractivity contribution in [3.8, 4) is 11.8 Å². The summed E-state index contributed by atoms with van der Waals surface area (Å²) in [5.74, 6) is 3.19. The van der Waals surface area contributed by atoms with Gasteiger partial charge in [-0.25, -0.2) is 0 Å². The average molecular weight is 227 g/mol. The Morgan fingerprint density at radius 2 is 1.93 bits per heavy atom. The van der Waals surface area contributed by atoms with Crippen LogP contribution in [0.2, 0.25) is 0 Å². The number of halogens is 1. The number of nitrogens with two attached hydrogens (primary N) is 1. The molecule has 0 radical (unpaired) electrons. The van der Waals surface area contributed by atoms with E-state index < -0.39 is 21.0 Å². The highest BCUT2D eigenvalue weighted by Gasteiger charge is 2.15. The molecule has 1 aromatic carbocycles. The molecule has 0 unspecified atom stereocenters. The van der Waals surface area contributed by atoms with E-state index in [2.05, 4.69) is 5.92 Å². The highest BCUT2D eigenvalue weighted by Crippen LogP contribution is 2.16. The van der Waals surface area contributed by atoms with Crippen molar-refractivity contribution < 1.29 is 17.1 Å².